The number of hydrogen-bond donors (Lipinski definition) is 0. The zero-order chi connectivity index (χ0) is 14.2. The molecule has 1 saturated heterocycles. The van der Waals surface area contributed by atoms with Gasteiger partial charge in [0, 0.05) is 13.2 Å². The van der Waals surface area contributed by atoms with Crippen molar-refractivity contribution in [1.29, 1.82) is 0 Å². The van der Waals surface area contributed by atoms with Crippen LogP contribution in [0.15, 0.2) is 17.0 Å². The third-order valence-corrected chi connectivity index (χ3v) is 5.72. The first-order valence-electron chi connectivity index (χ1n) is 6.55. The summed E-state index contributed by atoms with van der Waals surface area (Å²) in [6, 6.07) is 3.82. The van der Waals surface area contributed by atoms with Gasteiger partial charge in [-0.05, 0) is 45.2 Å². The molecule has 5 heteroatoms. The van der Waals surface area contributed by atoms with Gasteiger partial charge in [-0.3, -0.25) is 0 Å². The van der Waals surface area contributed by atoms with Crippen molar-refractivity contribution in [3.8, 4) is 0 Å². The number of rotatable bonds is 2. The predicted octanol–water partition coefficient (Wildman–Crippen LogP) is 2.37. The van der Waals surface area contributed by atoms with E-state index in [1.54, 1.807) is 6.92 Å². The van der Waals surface area contributed by atoms with Crippen molar-refractivity contribution in [2.45, 2.75) is 45.2 Å². The van der Waals surface area contributed by atoms with Crippen molar-refractivity contribution in [3.63, 3.8) is 0 Å². The standard InChI is InChI=1S/C14H21NO3S/c1-10-8-11(2)14(12(3)9-10)19(16,17)15-6-5-7-18-13(15)4/h8-9,13H,5-7H2,1-4H3. The molecular weight excluding hydrogens is 262 g/mol. The molecule has 106 valence electrons. The van der Waals surface area contributed by atoms with E-state index in [-0.39, 0.29) is 6.23 Å². The van der Waals surface area contributed by atoms with Gasteiger partial charge in [-0.15, -0.1) is 0 Å². The van der Waals surface area contributed by atoms with Crippen LogP contribution in [0, 0.1) is 20.8 Å². The highest BCUT2D eigenvalue weighted by atomic mass is 32.2. The highest BCUT2D eigenvalue weighted by Crippen LogP contribution is 2.28. The molecule has 0 radical (unpaired) electrons. The highest BCUT2D eigenvalue weighted by Gasteiger charge is 2.33. The lowest BCUT2D eigenvalue weighted by atomic mass is 10.1. The monoisotopic (exact) mass is 283 g/mol. The van der Waals surface area contributed by atoms with Crippen molar-refractivity contribution >= 4 is 10.0 Å². The first kappa shape index (κ1) is 14.5. The second-order valence-corrected chi connectivity index (χ2v) is 6.99. The van der Waals surface area contributed by atoms with Gasteiger partial charge in [-0.25, -0.2) is 8.42 Å². The Morgan fingerprint density at radius 3 is 2.32 bits per heavy atom. The lowest BCUT2D eigenvalue weighted by Crippen LogP contribution is -2.45. The van der Waals surface area contributed by atoms with Crippen LogP contribution < -0.4 is 0 Å². The molecule has 4 nitrogen and oxygen atoms in total. The molecule has 0 saturated carbocycles. The normalized spacial score (nSPS) is 21.6. The van der Waals surface area contributed by atoms with Crippen LogP contribution in [0.5, 0.6) is 0 Å². The quantitative estimate of drug-likeness (QED) is 0.837. The van der Waals surface area contributed by atoms with Gasteiger partial charge in [0.1, 0.15) is 6.23 Å². The zero-order valence-electron chi connectivity index (χ0n) is 11.9. The summed E-state index contributed by atoms with van der Waals surface area (Å²) in [6.45, 7) is 8.61. The number of hydrogen-bond acceptors (Lipinski definition) is 3. The van der Waals surface area contributed by atoms with E-state index in [2.05, 4.69) is 0 Å². The van der Waals surface area contributed by atoms with Crippen LogP contribution in [0.3, 0.4) is 0 Å². The maximum absolute atomic E-state index is 12.8. The van der Waals surface area contributed by atoms with Crippen molar-refractivity contribution in [1.82, 2.24) is 4.31 Å². The first-order valence-corrected chi connectivity index (χ1v) is 7.99. The molecule has 1 aromatic carbocycles. The maximum Gasteiger partial charge on any atom is 0.245 e. The fourth-order valence-electron chi connectivity index (χ4n) is 2.75. The zero-order valence-corrected chi connectivity index (χ0v) is 12.8. The lowest BCUT2D eigenvalue weighted by molar-refractivity contribution is -0.0410. The largest absolute Gasteiger partial charge is 0.362 e. The summed E-state index contributed by atoms with van der Waals surface area (Å²) < 4.78 is 32.5. The molecular formula is C14H21NO3S. The van der Waals surface area contributed by atoms with Crippen LogP contribution in [-0.4, -0.2) is 32.1 Å². The molecule has 0 spiro atoms. The highest BCUT2D eigenvalue weighted by molar-refractivity contribution is 7.89. The predicted molar refractivity (Wildman–Crippen MR) is 74.6 cm³/mol. The van der Waals surface area contributed by atoms with Gasteiger partial charge in [0.15, 0.2) is 0 Å². The van der Waals surface area contributed by atoms with Gasteiger partial charge in [0.25, 0.3) is 0 Å². The molecule has 0 amide bonds. The number of nitrogens with zero attached hydrogens (tertiary/aromatic N) is 1. The van der Waals surface area contributed by atoms with Crippen molar-refractivity contribution in [2.24, 2.45) is 0 Å². The molecule has 1 aliphatic rings. The molecule has 1 fully saturated rings. The summed E-state index contributed by atoms with van der Waals surface area (Å²) in [5.41, 5.74) is 2.68. The van der Waals surface area contributed by atoms with E-state index >= 15 is 0 Å². The minimum Gasteiger partial charge on any atom is -0.362 e. The molecule has 0 bridgehead atoms. The number of aryl methyl sites for hydroxylation is 3. The molecule has 1 heterocycles. The summed E-state index contributed by atoms with van der Waals surface area (Å²) in [5.74, 6) is 0. The van der Waals surface area contributed by atoms with Gasteiger partial charge in [0.05, 0.1) is 4.90 Å². The SMILES string of the molecule is Cc1cc(C)c(S(=O)(=O)N2CCCOC2C)c(C)c1. The number of sulfonamides is 1. The average molecular weight is 283 g/mol. The summed E-state index contributed by atoms with van der Waals surface area (Å²) in [4.78, 5) is 0.426. The van der Waals surface area contributed by atoms with Crippen LogP contribution in [-0.2, 0) is 14.8 Å². The molecule has 0 aromatic heterocycles. The van der Waals surface area contributed by atoms with Gasteiger partial charge in [-0.1, -0.05) is 17.7 Å². The fraction of sp³-hybridized carbons (Fsp3) is 0.571. The first-order chi connectivity index (χ1) is 8.84. The Kier molecular flexibility index (Phi) is 3.99. The van der Waals surface area contributed by atoms with Crippen molar-refractivity contribution < 1.29 is 13.2 Å². The molecule has 1 aliphatic heterocycles. The van der Waals surface area contributed by atoms with E-state index in [1.807, 2.05) is 32.9 Å². The third kappa shape index (κ3) is 2.68. The van der Waals surface area contributed by atoms with Crippen molar-refractivity contribution in [2.75, 3.05) is 13.2 Å². The Balaban J connectivity index is 2.50. The smallest absolute Gasteiger partial charge is 0.245 e. The Hall–Kier alpha value is -0.910. The molecule has 1 unspecified atom stereocenters. The van der Waals surface area contributed by atoms with Gasteiger partial charge < -0.3 is 4.74 Å². The van der Waals surface area contributed by atoms with Gasteiger partial charge in [-0.2, -0.15) is 4.31 Å². The van der Waals surface area contributed by atoms with E-state index in [1.165, 1.54) is 4.31 Å². The molecule has 19 heavy (non-hydrogen) atoms. The molecule has 0 aliphatic carbocycles. The third-order valence-electron chi connectivity index (χ3n) is 3.46. The minimum absolute atomic E-state index is 0.390. The molecule has 2 rings (SSSR count). The summed E-state index contributed by atoms with van der Waals surface area (Å²) in [6.07, 6.45) is 0.354. The van der Waals surface area contributed by atoms with Crippen LogP contribution in [0.4, 0.5) is 0 Å². The number of benzene rings is 1. The topological polar surface area (TPSA) is 46.6 Å². The van der Waals surface area contributed by atoms with Gasteiger partial charge >= 0.3 is 0 Å². The Morgan fingerprint density at radius 1 is 1.21 bits per heavy atom. The van der Waals surface area contributed by atoms with E-state index in [9.17, 15) is 8.42 Å². The van der Waals surface area contributed by atoms with E-state index in [4.69, 9.17) is 4.74 Å². The second kappa shape index (κ2) is 5.23. The fourth-order valence-corrected chi connectivity index (χ4v) is 4.73. The lowest BCUT2D eigenvalue weighted by Gasteiger charge is -2.33. The molecule has 1 aromatic rings. The van der Waals surface area contributed by atoms with Crippen LogP contribution >= 0.6 is 0 Å². The number of ether oxygens (including phenoxy) is 1. The summed E-state index contributed by atoms with van der Waals surface area (Å²) >= 11 is 0. The summed E-state index contributed by atoms with van der Waals surface area (Å²) in [7, 11) is -3.48. The Morgan fingerprint density at radius 2 is 1.79 bits per heavy atom. The van der Waals surface area contributed by atoms with Crippen LogP contribution in [0.25, 0.3) is 0 Å². The second-order valence-electron chi connectivity index (χ2n) is 5.17. The van der Waals surface area contributed by atoms with Crippen molar-refractivity contribution in [3.05, 3.63) is 28.8 Å². The maximum atomic E-state index is 12.8. The van der Waals surface area contributed by atoms with Gasteiger partial charge in [0.2, 0.25) is 10.0 Å². The minimum atomic E-state index is -3.48. The van der Waals surface area contributed by atoms with E-state index in [0.717, 1.165) is 23.1 Å². The van der Waals surface area contributed by atoms with E-state index in [0.29, 0.717) is 18.0 Å². The molecule has 0 N–H and O–H groups in total. The Labute approximate surface area is 115 Å². The average Bonchev–Trinajstić information content (AvgIpc) is 2.27. The summed E-state index contributed by atoms with van der Waals surface area (Å²) in [5, 5.41) is 0. The van der Waals surface area contributed by atoms with Crippen LogP contribution in [0.2, 0.25) is 0 Å². The Bertz CT molecular complexity index is 557. The van der Waals surface area contributed by atoms with E-state index < -0.39 is 10.0 Å². The van der Waals surface area contributed by atoms with Crippen LogP contribution in [0.1, 0.15) is 30.0 Å². The molecule has 1 atom stereocenters.